The predicted molar refractivity (Wildman–Crippen MR) is 110 cm³/mol. The van der Waals surface area contributed by atoms with E-state index in [2.05, 4.69) is 41.3 Å². The van der Waals surface area contributed by atoms with E-state index >= 15 is 0 Å². The number of aromatic nitrogens is 2. The highest BCUT2D eigenvalue weighted by Crippen LogP contribution is 2.20. The Labute approximate surface area is 162 Å². The standard InChI is InChI=1S/C22H32N4O/c1-16-7-5-6-14-26(16)15-19-8-10-20(11-9-19)23-22(27)13-12-21-17(2)24-25(4)18(21)3/h8-11,16H,5-7,12-15H2,1-4H3,(H,23,27). The van der Waals surface area contributed by atoms with E-state index in [0.717, 1.165) is 30.0 Å². The predicted octanol–water partition coefficient (Wildman–Crippen LogP) is 3.98. The van der Waals surface area contributed by atoms with Gasteiger partial charge in [0.25, 0.3) is 0 Å². The lowest BCUT2D eigenvalue weighted by atomic mass is 10.0. The third kappa shape index (κ3) is 4.98. The highest BCUT2D eigenvalue weighted by Gasteiger charge is 2.18. The van der Waals surface area contributed by atoms with Gasteiger partial charge >= 0.3 is 0 Å². The number of anilines is 1. The van der Waals surface area contributed by atoms with Gasteiger partial charge in [0.1, 0.15) is 0 Å². The van der Waals surface area contributed by atoms with Crippen molar-refractivity contribution < 1.29 is 4.79 Å². The minimum absolute atomic E-state index is 0.0510. The monoisotopic (exact) mass is 368 g/mol. The Morgan fingerprint density at radius 2 is 1.96 bits per heavy atom. The number of benzene rings is 1. The van der Waals surface area contributed by atoms with Gasteiger partial charge in [-0.1, -0.05) is 18.6 Å². The highest BCUT2D eigenvalue weighted by atomic mass is 16.1. The van der Waals surface area contributed by atoms with E-state index in [-0.39, 0.29) is 5.91 Å². The molecule has 1 amide bonds. The second-order valence-corrected chi connectivity index (χ2v) is 7.83. The smallest absolute Gasteiger partial charge is 0.224 e. The van der Waals surface area contributed by atoms with E-state index in [9.17, 15) is 4.79 Å². The largest absolute Gasteiger partial charge is 0.326 e. The lowest BCUT2D eigenvalue weighted by Crippen LogP contribution is -2.36. The Hall–Kier alpha value is -2.14. The van der Waals surface area contributed by atoms with E-state index in [1.54, 1.807) is 0 Å². The molecule has 1 aromatic carbocycles. The summed E-state index contributed by atoms with van der Waals surface area (Å²) in [4.78, 5) is 14.9. The van der Waals surface area contributed by atoms with Gasteiger partial charge in [-0.3, -0.25) is 14.4 Å². The molecule has 5 nitrogen and oxygen atoms in total. The molecule has 5 heteroatoms. The van der Waals surface area contributed by atoms with E-state index in [4.69, 9.17) is 0 Å². The molecule has 0 saturated carbocycles. The van der Waals surface area contributed by atoms with Crippen molar-refractivity contribution in [2.45, 2.75) is 65.5 Å². The summed E-state index contributed by atoms with van der Waals surface area (Å²) in [6.07, 6.45) is 5.14. The third-order valence-electron chi connectivity index (χ3n) is 5.82. The van der Waals surface area contributed by atoms with E-state index in [0.29, 0.717) is 12.5 Å². The molecule has 1 aliphatic rings. The minimum atomic E-state index is 0.0510. The molecule has 1 aliphatic heterocycles. The fourth-order valence-corrected chi connectivity index (χ4v) is 3.96. The van der Waals surface area contributed by atoms with Crippen LogP contribution in [0, 0.1) is 13.8 Å². The molecule has 1 atom stereocenters. The average Bonchev–Trinajstić information content (AvgIpc) is 2.89. The molecule has 0 bridgehead atoms. The van der Waals surface area contributed by atoms with Crippen LogP contribution in [0.3, 0.4) is 0 Å². The molecule has 1 saturated heterocycles. The summed E-state index contributed by atoms with van der Waals surface area (Å²) < 4.78 is 1.88. The average molecular weight is 369 g/mol. The van der Waals surface area contributed by atoms with Gasteiger partial charge in [0, 0.05) is 37.4 Å². The molecular weight excluding hydrogens is 336 g/mol. The highest BCUT2D eigenvalue weighted by molar-refractivity contribution is 5.90. The number of rotatable bonds is 6. The number of carbonyl (C=O) groups excluding carboxylic acids is 1. The van der Waals surface area contributed by atoms with Gasteiger partial charge in [-0.15, -0.1) is 0 Å². The van der Waals surface area contributed by atoms with Gasteiger partial charge in [-0.2, -0.15) is 5.10 Å². The molecule has 2 heterocycles. The van der Waals surface area contributed by atoms with Crippen molar-refractivity contribution in [3.05, 3.63) is 46.8 Å². The number of nitrogens with zero attached hydrogens (tertiary/aromatic N) is 3. The lowest BCUT2D eigenvalue weighted by molar-refractivity contribution is -0.116. The number of amides is 1. The maximum Gasteiger partial charge on any atom is 0.224 e. The Morgan fingerprint density at radius 3 is 2.59 bits per heavy atom. The molecule has 2 aromatic rings. The maximum absolute atomic E-state index is 12.3. The molecule has 1 N–H and O–H groups in total. The van der Waals surface area contributed by atoms with Crippen molar-refractivity contribution in [3.63, 3.8) is 0 Å². The topological polar surface area (TPSA) is 50.2 Å². The number of nitrogens with one attached hydrogen (secondary N) is 1. The van der Waals surface area contributed by atoms with Crippen LogP contribution in [-0.2, 0) is 24.8 Å². The second-order valence-electron chi connectivity index (χ2n) is 7.83. The molecule has 1 aromatic heterocycles. The van der Waals surface area contributed by atoms with Crippen LogP contribution in [0.25, 0.3) is 0 Å². The number of likely N-dealkylation sites (tertiary alicyclic amines) is 1. The zero-order chi connectivity index (χ0) is 19.4. The third-order valence-corrected chi connectivity index (χ3v) is 5.82. The lowest BCUT2D eigenvalue weighted by Gasteiger charge is -2.33. The van der Waals surface area contributed by atoms with Crippen LogP contribution in [0.5, 0.6) is 0 Å². The van der Waals surface area contributed by atoms with E-state index in [1.165, 1.54) is 36.9 Å². The summed E-state index contributed by atoms with van der Waals surface area (Å²) in [5.74, 6) is 0.0510. The number of aryl methyl sites for hydroxylation is 2. The molecule has 0 aliphatic carbocycles. The molecule has 0 spiro atoms. The number of piperidine rings is 1. The Morgan fingerprint density at radius 1 is 1.22 bits per heavy atom. The van der Waals surface area contributed by atoms with Crippen molar-refractivity contribution in [1.82, 2.24) is 14.7 Å². The number of hydrogen-bond acceptors (Lipinski definition) is 3. The summed E-state index contributed by atoms with van der Waals surface area (Å²) in [5.41, 5.74) is 5.51. The molecule has 146 valence electrons. The molecule has 0 radical (unpaired) electrons. The summed E-state index contributed by atoms with van der Waals surface area (Å²) in [6.45, 7) is 8.55. The van der Waals surface area contributed by atoms with Crippen LogP contribution >= 0.6 is 0 Å². The summed E-state index contributed by atoms with van der Waals surface area (Å²) in [7, 11) is 1.94. The molecular formula is C22H32N4O. The van der Waals surface area contributed by atoms with Crippen molar-refractivity contribution >= 4 is 11.6 Å². The van der Waals surface area contributed by atoms with Crippen LogP contribution in [0.1, 0.15) is 55.1 Å². The molecule has 1 fully saturated rings. The Balaban J connectivity index is 1.51. The van der Waals surface area contributed by atoms with E-state index in [1.807, 2.05) is 30.8 Å². The van der Waals surface area contributed by atoms with Gasteiger partial charge in [-0.05, 0) is 69.8 Å². The van der Waals surface area contributed by atoms with Gasteiger partial charge in [0.05, 0.1) is 5.69 Å². The second kappa shape index (κ2) is 8.70. The van der Waals surface area contributed by atoms with Crippen molar-refractivity contribution in [1.29, 1.82) is 0 Å². The zero-order valence-corrected chi connectivity index (χ0v) is 17.1. The SMILES string of the molecule is Cc1nn(C)c(C)c1CCC(=O)Nc1ccc(CN2CCCCC2C)cc1. The van der Waals surface area contributed by atoms with Gasteiger partial charge < -0.3 is 5.32 Å². The summed E-state index contributed by atoms with van der Waals surface area (Å²) in [5, 5.41) is 7.43. The Bertz CT molecular complexity index is 778. The normalized spacial score (nSPS) is 17.9. The van der Waals surface area contributed by atoms with Crippen LogP contribution in [0.2, 0.25) is 0 Å². The number of carbonyl (C=O) groups is 1. The number of hydrogen-bond donors (Lipinski definition) is 1. The van der Waals surface area contributed by atoms with Crippen molar-refractivity contribution in [3.8, 4) is 0 Å². The van der Waals surface area contributed by atoms with Gasteiger partial charge in [-0.25, -0.2) is 0 Å². The first-order valence-corrected chi connectivity index (χ1v) is 10.1. The summed E-state index contributed by atoms with van der Waals surface area (Å²) >= 11 is 0. The molecule has 27 heavy (non-hydrogen) atoms. The van der Waals surface area contributed by atoms with Crippen LogP contribution in [0.15, 0.2) is 24.3 Å². The fourth-order valence-electron chi connectivity index (χ4n) is 3.96. The van der Waals surface area contributed by atoms with Gasteiger partial charge in [0.15, 0.2) is 0 Å². The maximum atomic E-state index is 12.3. The Kier molecular flexibility index (Phi) is 6.32. The zero-order valence-electron chi connectivity index (χ0n) is 17.1. The molecule has 1 unspecified atom stereocenters. The van der Waals surface area contributed by atoms with Crippen molar-refractivity contribution in [2.24, 2.45) is 7.05 Å². The quantitative estimate of drug-likeness (QED) is 0.839. The van der Waals surface area contributed by atoms with Crippen LogP contribution in [0.4, 0.5) is 5.69 Å². The van der Waals surface area contributed by atoms with Gasteiger partial charge in [0.2, 0.25) is 5.91 Å². The summed E-state index contributed by atoms with van der Waals surface area (Å²) in [6, 6.07) is 8.96. The fraction of sp³-hybridized carbons (Fsp3) is 0.545. The van der Waals surface area contributed by atoms with Crippen LogP contribution in [-0.4, -0.2) is 33.2 Å². The molecule has 3 rings (SSSR count). The first kappa shape index (κ1) is 19.6. The van der Waals surface area contributed by atoms with E-state index < -0.39 is 0 Å². The van der Waals surface area contributed by atoms with Crippen molar-refractivity contribution in [2.75, 3.05) is 11.9 Å². The van der Waals surface area contributed by atoms with Crippen LogP contribution < -0.4 is 5.32 Å². The minimum Gasteiger partial charge on any atom is -0.326 e. The first-order chi connectivity index (χ1) is 12.9. The first-order valence-electron chi connectivity index (χ1n) is 10.1.